The van der Waals surface area contributed by atoms with Crippen LogP contribution in [-0.2, 0) is 25.0 Å². The van der Waals surface area contributed by atoms with Crippen LogP contribution in [0, 0.1) is 0 Å². The minimum atomic E-state index is -2.03. The molecule has 0 atom stereocenters. The van der Waals surface area contributed by atoms with E-state index in [1.54, 1.807) is 18.2 Å². The van der Waals surface area contributed by atoms with Gasteiger partial charge in [-0.15, -0.1) is 19.7 Å². The quantitative estimate of drug-likeness (QED) is 0.388. The SMILES string of the molecule is C=CC.C=CC.C=CC.O=[S-](O)=S. The van der Waals surface area contributed by atoms with E-state index in [1.807, 2.05) is 20.8 Å². The molecule has 80 valence electrons. The molecule has 0 saturated heterocycles. The Morgan fingerprint density at radius 2 is 1.08 bits per heavy atom. The summed E-state index contributed by atoms with van der Waals surface area (Å²) in [7, 11) is -2.03. The van der Waals surface area contributed by atoms with E-state index in [0.717, 1.165) is 0 Å². The Kier molecular flexibility index (Phi) is 73.5. The van der Waals surface area contributed by atoms with Crippen LogP contribution in [-0.4, -0.2) is 4.55 Å². The third-order valence-corrected chi connectivity index (χ3v) is 0. The average Bonchev–Trinajstić information content (AvgIpc) is 1.88. The monoisotopic (exact) mass is 223 g/mol. The Morgan fingerprint density at radius 1 is 1.08 bits per heavy atom. The van der Waals surface area contributed by atoms with E-state index in [-0.39, 0.29) is 0 Å². The number of rotatable bonds is 0. The number of hydrogen-bond donors (Lipinski definition) is 1. The van der Waals surface area contributed by atoms with Gasteiger partial charge in [0, 0.05) is 0 Å². The van der Waals surface area contributed by atoms with E-state index in [9.17, 15) is 0 Å². The summed E-state index contributed by atoms with van der Waals surface area (Å²) in [5.74, 6) is 0. The minimum Gasteiger partial charge on any atom is -0.459 e. The van der Waals surface area contributed by atoms with E-state index in [0.29, 0.717) is 0 Å². The van der Waals surface area contributed by atoms with E-state index in [2.05, 4.69) is 30.9 Å². The van der Waals surface area contributed by atoms with Gasteiger partial charge in [0.25, 0.3) is 0 Å². The predicted molar refractivity (Wildman–Crippen MR) is 65.7 cm³/mol. The molecule has 13 heavy (non-hydrogen) atoms. The molecule has 0 saturated carbocycles. The molecule has 0 fully saturated rings. The summed E-state index contributed by atoms with van der Waals surface area (Å²) in [6, 6.07) is 0. The Hall–Kier alpha value is -0.450. The second kappa shape index (κ2) is 41.7. The molecule has 2 nitrogen and oxygen atoms in total. The second-order valence-corrected chi connectivity index (χ2v) is 2.73. The van der Waals surface area contributed by atoms with Crippen LogP contribution < -0.4 is 0 Å². The molecule has 0 radical (unpaired) electrons. The fourth-order valence-corrected chi connectivity index (χ4v) is 0. The van der Waals surface area contributed by atoms with Crippen molar-refractivity contribution in [3.05, 3.63) is 38.0 Å². The Morgan fingerprint density at radius 3 is 1.08 bits per heavy atom. The highest BCUT2D eigenvalue weighted by molar-refractivity contribution is 8.18. The topological polar surface area (TPSA) is 37.3 Å². The normalized spacial score (nSPS) is 5.62. The van der Waals surface area contributed by atoms with Crippen molar-refractivity contribution in [3.8, 4) is 0 Å². The molecule has 0 rings (SSSR count). The van der Waals surface area contributed by atoms with Gasteiger partial charge in [0.05, 0.1) is 0 Å². The summed E-state index contributed by atoms with van der Waals surface area (Å²) < 4.78 is 16.3. The maximum Gasteiger partial charge on any atom is -0.0473 e. The first-order valence-corrected chi connectivity index (χ1v) is 5.50. The summed E-state index contributed by atoms with van der Waals surface area (Å²) in [6.07, 6.45) is 5.25. The van der Waals surface area contributed by atoms with Gasteiger partial charge in [-0.1, -0.05) is 27.9 Å². The van der Waals surface area contributed by atoms with Crippen LogP contribution in [0.25, 0.3) is 0 Å². The molecule has 1 N–H and O–H groups in total. The molecule has 0 aromatic rings. The molecule has 0 aromatic carbocycles. The summed E-state index contributed by atoms with van der Waals surface area (Å²) in [5.41, 5.74) is 0. The standard InChI is InChI=1S/3C3H6.HO2S2/c3*1-3-2;1-4(2)3/h3*3H,1H2,2H3;(H,1,2,3)/q;;;-1. The third-order valence-electron chi connectivity index (χ3n) is 0. The summed E-state index contributed by atoms with van der Waals surface area (Å²) in [6.45, 7) is 15.8. The van der Waals surface area contributed by atoms with E-state index >= 15 is 0 Å². The molecular weight excluding hydrogens is 204 g/mol. The predicted octanol–water partition coefficient (Wildman–Crippen LogP) is 3.46. The van der Waals surface area contributed by atoms with Gasteiger partial charge in [-0.25, -0.2) is 11.2 Å². The van der Waals surface area contributed by atoms with Crippen molar-refractivity contribution < 1.29 is 8.76 Å². The Bertz CT molecular complexity index is 139. The molecule has 0 amide bonds. The third kappa shape index (κ3) is 5200. The van der Waals surface area contributed by atoms with Gasteiger partial charge in [0.15, 0.2) is 0 Å². The number of allylic oxidation sites excluding steroid dienone is 3. The summed E-state index contributed by atoms with van der Waals surface area (Å²) >= 11 is 3.65. The van der Waals surface area contributed by atoms with E-state index in [1.165, 1.54) is 0 Å². The van der Waals surface area contributed by atoms with E-state index in [4.69, 9.17) is 8.76 Å². The van der Waals surface area contributed by atoms with Gasteiger partial charge < -0.3 is 8.76 Å². The lowest BCUT2D eigenvalue weighted by molar-refractivity contribution is 0.536. The van der Waals surface area contributed by atoms with Gasteiger partial charge >= 0.3 is 0 Å². The zero-order valence-corrected chi connectivity index (χ0v) is 10.2. The fraction of sp³-hybridized carbons (Fsp3) is 0.333. The lowest BCUT2D eigenvalue weighted by Gasteiger charge is -1.66. The fourth-order valence-electron chi connectivity index (χ4n) is 0. The van der Waals surface area contributed by atoms with E-state index < -0.39 is 9.64 Å². The van der Waals surface area contributed by atoms with Crippen molar-refractivity contribution in [1.82, 2.24) is 0 Å². The average molecular weight is 223 g/mol. The van der Waals surface area contributed by atoms with Crippen molar-refractivity contribution in [1.29, 1.82) is 0 Å². The molecule has 0 unspecified atom stereocenters. The first kappa shape index (κ1) is 22.9. The second-order valence-electron chi connectivity index (χ2n) is 1.44. The van der Waals surface area contributed by atoms with Crippen molar-refractivity contribution >= 4 is 20.8 Å². The number of hydrogen-bond acceptors (Lipinski definition) is 3. The van der Waals surface area contributed by atoms with Crippen LogP contribution in [0.3, 0.4) is 0 Å². The highest BCUT2D eigenvalue weighted by atomic mass is 32.8. The Balaban J connectivity index is -0.0000000420. The largest absolute Gasteiger partial charge is 0.459 e. The molecule has 0 bridgehead atoms. The van der Waals surface area contributed by atoms with Crippen LogP contribution >= 0.6 is 0 Å². The Labute approximate surface area is 88.6 Å². The lowest BCUT2D eigenvalue weighted by Crippen LogP contribution is -1.51. The van der Waals surface area contributed by atoms with Crippen molar-refractivity contribution in [2.45, 2.75) is 20.8 Å². The van der Waals surface area contributed by atoms with Crippen LogP contribution in [0.5, 0.6) is 0 Å². The van der Waals surface area contributed by atoms with Gasteiger partial charge in [-0.3, -0.25) is 0 Å². The van der Waals surface area contributed by atoms with Gasteiger partial charge in [-0.05, 0) is 20.8 Å². The molecule has 0 aliphatic rings. The highest BCUT2D eigenvalue weighted by Crippen LogP contribution is 1.38. The molecule has 0 aromatic heterocycles. The van der Waals surface area contributed by atoms with Crippen molar-refractivity contribution in [3.63, 3.8) is 0 Å². The molecule has 0 aliphatic carbocycles. The summed E-state index contributed by atoms with van der Waals surface area (Å²) in [4.78, 5) is 0. The highest BCUT2D eigenvalue weighted by Gasteiger charge is 1.19. The molecule has 0 aliphatic heterocycles. The molecular formula is C9H19O2S2-. The zero-order valence-electron chi connectivity index (χ0n) is 8.53. The first-order valence-electron chi connectivity index (χ1n) is 3.47. The zero-order chi connectivity index (χ0) is 11.7. The van der Waals surface area contributed by atoms with Crippen LogP contribution in [0.15, 0.2) is 38.0 Å². The van der Waals surface area contributed by atoms with Crippen LogP contribution in [0.2, 0.25) is 0 Å². The van der Waals surface area contributed by atoms with Crippen molar-refractivity contribution in [2.75, 3.05) is 0 Å². The molecule has 0 spiro atoms. The smallest absolute Gasteiger partial charge is 0.0473 e. The molecule has 4 heteroatoms. The lowest BCUT2D eigenvalue weighted by atomic mass is 10.8. The van der Waals surface area contributed by atoms with Gasteiger partial charge in [-0.2, -0.15) is 0 Å². The van der Waals surface area contributed by atoms with Crippen molar-refractivity contribution in [2.24, 2.45) is 0 Å². The van der Waals surface area contributed by atoms with Gasteiger partial charge in [0.1, 0.15) is 0 Å². The maximum absolute atomic E-state index is 8.93. The minimum absolute atomic E-state index is 1.75. The van der Waals surface area contributed by atoms with Gasteiger partial charge in [0.2, 0.25) is 0 Å². The van der Waals surface area contributed by atoms with Crippen LogP contribution in [0.1, 0.15) is 20.8 Å². The summed E-state index contributed by atoms with van der Waals surface area (Å²) in [5, 5.41) is 0. The van der Waals surface area contributed by atoms with Crippen LogP contribution in [0.4, 0.5) is 0 Å². The first-order chi connectivity index (χ1) is 5.97. The molecule has 0 heterocycles. The maximum atomic E-state index is 8.93.